The van der Waals surface area contributed by atoms with Gasteiger partial charge in [-0.25, -0.2) is 0 Å². The summed E-state index contributed by atoms with van der Waals surface area (Å²) in [6.45, 7) is 6.45. The summed E-state index contributed by atoms with van der Waals surface area (Å²) in [5, 5.41) is 3.32. The van der Waals surface area contributed by atoms with Gasteiger partial charge in [0.15, 0.2) is 0 Å². The first-order valence-electron chi connectivity index (χ1n) is 5.20. The Hall–Kier alpha value is -0.860. The first kappa shape index (κ1) is 11.2. The Morgan fingerprint density at radius 3 is 3.00 bits per heavy atom. The SMILES string of the molecule is C=C/C=C\C=C/CCC1CNCCO1. The van der Waals surface area contributed by atoms with Crippen LogP contribution in [0.2, 0.25) is 0 Å². The molecule has 2 heteroatoms. The Labute approximate surface area is 86.3 Å². The molecule has 0 aliphatic carbocycles. The predicted molar refractivity (Wildman–Crippen MR) is 60.3 cm³/mol. The lowest BCUT2D eigenvalue weighted by molar-refractivity contribution is 0.0242. The molecule has 0 radical (unpaired) electrons. The standard InChI is InChI=1S/C12H19NO/c1-2-3-4-5-6-7-8-12-11-13-9-10-14-12/h2-6,12-13H,1,7-11H2/b4-3-,6-5-. The van der Waals surface area contributed by atoms with Crippen LogP contribution in [-0.4, -0.2) is 25.8 Å². The van der Waals surface area contributed by atoms with E-state index in [1.165, 1.54) is 0 Å². The van der Waals surface area contributed by atoms with Gasteiger partial charge >= 0.3 is 0 Å². The van der Waals surface area contributed by atoms with Gasteiger partial charge in [-0.3, -0.25) is 0 Å². The van der Waals surface area contributed by atoms with E-state index in [-0.39, 0.29) is 0 Å². The molecular weight excluding hydrogens is 174 g/mol. The number of hydrogen-bond donors (Lipinski definition) is 1. The molecule has 0 aromatic rings. The highest BCUT2D eigenvalue weighted by molar-refractivity contribution is 5.08. The molecule has 1 fully saturated rings. The first-order chi connectivity index (χ1) is 6.93. The molecule has 1 rings (SSSR count). The van der Waals surface area contributed by atoms with E-state index in [9.17, 15) is 0 Å². The Morgan fingerprint density at radius 1 is 1.36 bits per heavy atom. The van der Waals surface area contributed by atoms with Crippen LogP contribution in [-0.2, 0) is 4.74 Å². The Morgan fingerprint density at radius 2 is 2.29 bits per heavy atom. The highest BCUT2D eigenvalue weighted by atomic mass is 16.5. The van der Waals surface area contributed by atoms with E-state index in [4.69, 9.17) is 4.74 Å². The van der Waals surface area contributed by atoms with Gasteiger partial charge in [0.25, 0.3) is 0 Å². The van der Waals surface area contributed by atoms with E-state index >= 15 is 0 Å². The zero-order valence-corrected chi connectivity index (χ0v) is 8.61. The minimum atomic E-state index is 0.400. The van der Waals surface area contributed by atoms with Crippen LogP contribution >= 0.6 is 0 Å². The molecule has 1 aliphatic rings. The molecule has 2 nitrogen and oxygen atoms in total. The molecule has 1 atom stereocenters. The second-order valence-electron chi connectivity index (χ2n) is 3.32. The monoisotopic (exact) mass is 193 g/mol. The van der Waals surface area contributed by atoms with Gasteiger partial charge in [-0.2, -0.15) is 0 Å². The molecule has 0 spiro atoms. The zero-order chi connectivity index (χ0) is 10.1. The van der Waals surface area contributed by atoms with E-state index < -0.39 is 0 Å². The van der Waals surface area contributed by atoms with Crippen molar-refractivity contribution in [2.75, 3.05) is 19.7 Å². The fourth-order valence-electron chi connectivity index (χ4n) is 1.40. The third-order valence-corrected chi connectivity index (χ3v) is 2.15. The summed E-state index contributed by atoms with van der Waals surface area (Å²) in [5.41, 5.74) is 0. The fraction of sp³-hybridized carbons (Fsp3) is 0.500. The third-order valence-electron chi connectivity index (χ3n) is 2.15. The van der Waals surface area contributed by atoms with E-state index in [1.54, 1.807) is 6.08 Å². The van der Waals surface area contributed by atoms with Gasteiger partial charge in [-0.05, 0) is 12.8 Å². The van der Waals surface area contributed by atoms with Crippen LogP contribution in [0.25, 0.3) is 0 Å². The predicted octanol–water partition coefficient (Wildman–Crippen LogP) is 2.05. The number of morpholine rings is 1. The number of hydrogen-bond acceptors (Lipinski definition) is 2. The largest absolute Gasteiger partial charge is 0.376 e. The van der Waals surface area contributed by atoms with Gasteiger partial charge in [0.05, 0.1) is 12.7 Å². The van der Waals surface area contributed by atoms with Crippen molar-refractivity contribution in [3.8, 4) is 0 Å². The molecule has 1 saturated heterocycles. The Balaban J connectivity index is 2.04. The van der Waals surface area contributed by atoms with Gasteiger partial charge in [-0.15, -0.1) is 0 Å². The van der Waals surface area contributed by atoms with Crippen molar-refractivity contribution in [2.24, 2.45) is 0 Å². The van der Waals surface area contributed by atoms with E-state index in [2.05, 4.69) is 24.0 Å². The molecule has 0 aromatic heterocycles. The molecule has 1 N–H and O–H groups in total. The maximum Gasteiger partial charge on any atom is 0.0703 e. The lowest BCUT2D eigenvalue weighted by Gasteiger charge is -2.22. The molecule has 0 bridgehead atoms. The van der Waals surface area contributed by atoms with Crippen LogP contribution in [0.15, 0.2) is 37.0 Å². The average molecular weight is 193 g/mol. The topological polar surface area (TPSA) is 21.3 Å². The molecule has 0 aromatic carbocycles. The minimum Gasteiger partial charge on any atom is -0.376 e. The summed E-state index contributed by atoms with van der Waals surface area (Å²) in [7, 11) is 0. The zero-order valence-electron chi connectivity index (χ0n) is 8.61. The highest BCUT2D eigenvalue weighted by Crippen LogP contribution is 2.04. The molecule has 1 aliphatic heterocycles. The minimum absolute atomic E-state index is 0.400. The van der Waals surface area contributed by atoms with Crippen molar-refractivity contribution in [1.29, 1.82) is 0 Å². The maximum atomic E-state index is 5.58. The van der Waals surface area contributed by atoms with Gasteiger partial charge in [0, 0.05) is 13.1 Å². The van der Waals surface area contributed by atoms with Crippen LogP contribution in [0.5, 0.6) is 0 Å². The first-order valence-corrected chi connectivity index (χ1v) is 5.20. The van der Waals surface area contributed by atoms with Crippen molar-refractivity contribution in [1.82, 2.24) is 5.32 Å². The molecule has 0 saturated carbocycles. The van der Waals surface area contributed by atoms with Gasteiger partial charge in [0.2, 0.25) is 0 Å². The van der Waals surface area contributed by atoms with Gasteiger partial charge < -0.3 is 10.1 Å². The Bertz CT molecular complexity index is 202. The van der Waals surface area contributed by atoms with E-state index in [1.807, 2.05) is 12.2 Å². The molecular formula is C12H19NO. The van der Waals surface area contributed by atoms with Crippen LogP contribution < -0.4 is 5.32 Å². The Kier molecular flexibility index (Phi) is 6.04. The molecule has 1 unspecified atom stereocenters. The summed E-state index contributed by atoms with van der Waals surface area (Å²) >= 11 is 0. The van der Waals surface area contributed by atoms with Crippen LogP contribution in [0.4, 0.5) is 0 Å². The second kappa shape index (κ2) is 7.54. The second-order valence-corrected chi connectivity index (χ2v) is 3.32. The van der Waals surface area contributed by atoms with Crippen molar-refractivity contribution >= 4 is 0 Å². The van der Waals surface area contributed by atoms with Crippen LogP contribution in [0.1, 0.15) is 12.8 Å². The van der Waals surface area contributed by atoms with Crippen molar-refractivity contribution in [3.05, 3.63) is 37.0 Å². The summed E-state index contributed by atoms with van der Waals surface area (Å²) in [6.07, 6.45) is 12.5. The molecule has 78 valence electrons. The molecule has 1 heterocycles. The molecule has 14 heavy (non-hydrogen) atoms. The maximum absolute atomic E-state index is 5.58. The number of ether oxygens (including phenoxy) is 1. The summed E-state index contributed by atoms with van der Waals surface area (Å²) in [4.78, 5) is 0. The fourth-order valence-corrected chi connectivity index (χ4v) is 1.40. The summed E-state index contributed by atoms with van der Waals surface area (Å²) < 4.78 is 5.58. The highest BCUT2D eigenvalue weighted by Gasteiger charge is 2.11. The van der Waals surface area contributed by atoms with Gasteiger partial charge in [0.1, 0.15) is 0 Å². The van der Waals surface area contributed by atoms with Crippen molar-refractivity contribution < 1.29 is 4.74 Å². The van der Waals surface area contributed by atoms with Crippen molar-refractivity contribution in [2.45, 2.75) is 18.9 Å². The summed E-state index contributed by atoms with van der Waals surface area (Å²) in [5.74, 6) is 0. The lowest BCUT2D eigenvalue weighted by atomic mass is 10.1. The third kappa shape index (κ3) is 5.00. The normalized spacial score (nSPS) is 23.3. The van der Waals surface area contributed by atoms with Gasteiger partial charge in [-0.1, -0.05) is 37.0 Å². The quantitative estimate of drug-likeness (QED) is 0.675. The number of nitrogens with one attached hydrogen (secondary N) is 1. The van der Waals surface area contributed by atoms with E-state index in [0.29, 0.717) is 6.10 Å². The lowest BCUT2D eigenvalue weighted by Crippen LogP contribution is -2.38. The van der Waals surface area contributed by atoms with Crippen LogP contribution in [0.3, 0.4) is 0 Å². The van der Waals surface area contributed by atoms with Crippen molar-refractivity contribution in [3.63, 3.8) is 0 Å². The summed E-state index contributed by atoms with van der Waals surface area (Å²) in [6, 6.07) is 0. The van der Waals surface area contributed by atoms with E-state index in [0.717, 1.165) is 32.5 Å². The average Bonchev–Trinajstić information content (AvgIpc) is 2.25. The number of rotatable bonds is 5. The van der Waals surface area contributed by atoms with Crippen LogP contribution in [0, 0.1) is 0 Å². The molecule has 0 amide bonds. The smallest absolute Gasteiger partial charge is 0.0703 e. The number of allylic oxidation sites excluding steroid dienone is 5.